The summed E-state index contributed by atoms with van der Waals surface area (Å²) in [6.07, 6.45) is 1.06. The predicted octanol–water partition coefficient (Wildman–Crippen LogP) is 3.52. The Balaban J connectivity index is 2.85. The maximum atomic E-state index is 9.50. The highest BCUT2D eigenvalue weighted by molar-refractivity contribution is 6.30. The minimum atomic E-state index is -0.612. The lowest BCUT2D eigenvalue weighted by Gasteiger charge is -2.12. The van der Waals surface area contributed by atoms with Crippen molar-refractivity contribution in [3.8, 4) is 5.75 Å². The Morgan fingerprint density at radius 3 is 2.87 bits per heavy atom. The Morgan fingerprint density at radius 2 is 2.27 bits per heavy atom. The Bertz CT molecular complexity index is 348. The van der Waals surface area contributed by atoms with Crippen molar-refractivity contribution in [3.05, 3.63) is 40.4 Å². The lowest BCUT2D eigenvalue weighted by molar-refractivity contribution is 0.193. The van der Waals surface area contributed by atoms with Crippen molar-refractivity contribution in [2.75, 3.05) is 6.61 Å². The molecule has 2 nitrogen and oxygen atoms in total. The van der Waals surface area contributed by atoms with Crippen LogP contribution in [-0.4, -0.2) is 11.7 Å². The number of rotatable bonds is 4. The molecule has 1 rings (SSSR count). The van der Waals surface area contributed by atoms with Crippen LogP contribution in [0.5, 0.6) is 5.75 Å². The summed E-state index contributed by atoms with van der Waals surface area (Å²) in [5, 5.41) is 10.1. The van der Waals surface area contributed by atoms with Gasteiger partial charge in [0.05, 0.1) is 6.10 Å². The monoisotopic (exact) mass is 246 g/mol. The highest BCUT2D eigenvalue weighted by atomic mass is 35.5. The molecular formula is C11H12Cl2O2. The van der Waals surface area contributed by atoms with Gasteiger partial charge < -0.3 is 9.84 Å². The molecular weight excluding hydrogens is 235 g/mol. The van der Waals surface area contributed by atoms with E-state index in [-0.39, 0.29) is 0 Å². The number of ether oxygens (including phenoxy) is 1. The zero-order chi connectivity index (χ0) is 11.3. The molecule has 0 bridgehead atoms. The van der Waals surface area contributed by atoms with Gasteiger partial charge in [-0.2, -0.15) is 0 Å². The minimum absolute atomic E-state index is 0.366. The molecule has 0 aliphatic heterocycles. The third kappa shape index (κ3) is 3.74. The first-order valence-electron chi connectivity index (χ1n) is 4.50. The molecule has 0 saturated carbocycles. The van der Waals surface area contributed by atoms with Crippen LogP contribution in [0.25, 0.3) is 0 Å². The second-order valence-electron chi connectivity index (χ2n) is 3.03. The van der Waals surface area contributed by atoms with Gasteiger partial charge >= 0.3 is 0 Å². The van der Waals surface area contributed by atoms with Crippen LogP contribution >= 0.6 is 23.2 Å². The first-order valence-corrected chi connectivity index (χ1v) is 5.32. The predicted molar refractivity (Wildman–Crippen MR) is 62.6 cm³/mol. The number of aliphatic hydroxyl groups excluding tert-OH is 1. The van der Waals surface area contributed by atoms with Crippen molar-refractivity contribution < 1.29 is 9.84 Å². The smallest absolute Gasteiger partial charge is 0.125 e. The molecule has 15 heavy (non-hydrogen) atoms. The Labute approximate surface area is 99.1 Å². The molecule has 0 unspecified atom stereocenters. The van der Waals surface area contributed by atoms with Crippen molar-refractivity contribution in [3.63, 3.8) is 0 Å². The molecule has 4 heteroatoms. The van der Waals surface area contributed by atoms with Crippen LogP contribution in [0.1, 0.15) is 18.6 Å². The van der Waals surface area contributed by atoms with E-state index in [1.165, 1.54) is 5.54 Å². The SMILES string of the molecule is C[C@@H](O)c1cc(Cl)ccc1OCC=CCl. The molecule has 0 saturated heterocycles. The van der Waals surface area contributed by atoms with Gasteiger partial charge in [0.25, 0.3) is 0 Å². The molecule has 0 aliphatic rings. The van der Waals surface area contributed by atoms with E-state index in [9.17, 15) is 5.11 Å². The summed E-state index contributed by atoms with van der Waals surface area (Å²) in [6, 6.07) is 5.13. The summed E-state index contributed by atoms with van der Waals surface area (Å²) in [7, 11) is 0. The molecule has 0 amide bonds. The summed E-state index contributed by atoms with van der Waals surface area (Å²) in [5.74, 6) is 0.615. The largest absolute Gasteiger partial charge is 0.489 e. The van der Waals surface area contributed by atoms with Crippen LogP contribution in [0.3, 0.4) is 0 Å². The van der Waals surface area contributed by atoms with Crippen molar-refractivity contribution >= 4 is 23.2 Å². The van der Waals surface area contributed by atoms with Crippen LogP contribution in [0, 0.1) is 0 Å². The highest BCUT2D eigenvalue weighted by Crippen LogP contribution is 2.28. The summed E-state index contributed by atoms with van der Waals surface area (Å²) >= 11 is 11.2. The second kappa shape index (κ2) is 6.01. The molecule has 0 aliphatic carbocycles. The van der Waals surface area contributed by atoms with Crippen LogP contribution < -0.4 is 4.74 Å². The number of benzene rings is 1. The Kier molecular flexibility index (Phi) is 4.95. The van der Waals surface area contributed by atoms with Gasteiger partial charge in [-0.05, 0) is 31.2 Å². The van der Waals surface area contributed by atoms with Crippen molar-refractivity contribution in [2.45, 2.75) is 13.0 Å². The van der Waals surface area contributed by atoms with E-state index in [2.05, 4.69) is 0 Å². The molecule has 0 heterocycles. The molecule has 0 radical (unpaired) electrons. The average molecular weight is 247 g/mol. The van der Waals surface area contributed by atoms with E-state index in [4.69, 9.17) is 27.9 Å². The minimum Gasteiger partial charge on any atom is -0.489 e. The van der Waals surface area contributed by atoms with Gasteiger partial charge in [0.2, 0.25) is 0 Å². The van der Waals surface area contributed by atoms with Crippen molar-refractivity contribution in [2.24, 2.45) is 0 Å². The quantitative estimate of drug-likeness (QED) is 0.881. The van der Waals surface area contributed by atoms with Crippen LogP contribution in [0.4, 0.5) is 0 Å². The molecule has 82 valence electrons. The van der Waals surface area contributed by atoms with Gasteiger partial charge in [-0.25, -0.2) is 0 Å². The number of hydrogen-bond donors (Lipinski definition) is 1. The normalized spacial score (nSPS) is 13.1. The Morgan fingerprint density at radius 1 is 1.53 bits per heavy atom. The number of hydrogen-bond acceptors (Lipinski definition) is 2. The standard InChI is InChI=1S/C11H12Cl2O2/c1-8(14)10-7-9(13)3-4-11(10)15-6-2-5-12/h2-5,7-8,14H,6H2,1H3/t8-/m1/s1. The summed E-state index contributed by atoms with van der Waals surface area (Å²) in [5.41, 5.74) is 2.06. The molecule has 1 aromatic rings. The Hall–Kier alpha value is -0.700. The lowest BCUT2D eigenvalue weighted by Crippen LogP contribution is -2.00. The number of halogens is 2. The third-order valence-electron chi connectivity index (χ3n) is 1.85. The summed E-state index contributed by atoms with van der Waals surface area (Å²) < 4.78 is 5.40. The fraction of sp³-hybridized carbons (Fsp3) is 0.273. The van der Waals surface area contributed by atoms with Crippen LogP contribution in [0.15, 0.2) is 29.8 Å². The van der Waals surface area contributed by atoms with Crippen LogP contribution in [0.2, 0.25) is 5.02 Å². The summed E-state index contributed by atoms with van der Waals surface area (Å²) in [4.78, 5) is 0. The van der Waals surface area contributed by atoms with Gasteiger partial charge in [-0.15, -0.1) is 0 Å². The van der Waals surface area contributed by atoms with E-state index in [0.717, 1.165) is 0 Å². The molecule has 1 N–H and O–H groups in total. The molecule has 1 atom stereocenters. The average Bonchev–Trinajstić information content (AvgIpc) is 2.20. The fourth-order valence-corrected chi connectivity index (χ4v) is 1.40. The van der Waals surface area contributed by atoms with Crippen LogP contribution in [-0.2, 0) is 0 Å². The molecule has 0 spiro atoms. The molecule has 0 aromatic heterocycles. The number of aliphatic hydroxyl groups is 1. The second-order valence-corrected chi connectivity index (χ2v) is 3.72. The maximum absolute atomic E-state index is 9.50. The third-order valence-corrected chi connectivity index (χ3v) is 2.26. The van der Waals surface area contributed by atoms with E-state index in [0.29, 0.717) is 22.9 Å². The van der Waals surface area contributed by atoms with Gasteiger partial charge in [-0.3, -0.25) is 0 Å². The van der Waals surface area contributed by atoms with E-state index in [1.807, 2.05) is 0 Å². The first kappa shape index (κ1) is 12.4. The fourth-order valence-electron chi connectivity index (χ4n) is 1.15. The van der Waals surface area contributed by atoms with E-state index >= 15 is 0 Å². The van der Waals surface area contributed by atoms with E-state index in [1.54, 1.807) is 31.2 Å². The lowest BCUT2D eigenvalue weighted by atomic mass is 10.1. The maximum Gasteiger partial charge on any atom is 0.125 e. The van der Waals surface area contributed by atoms with Gasteiger partial charge in [-0.1, -0.05) is 23.2 Å². The summed E-state index contributed by atoms with van der Waals surface area (Å²) in [6.45, 7) is 2.03. The first-order chi connectivity index (χ1) is 7.15. The van der Waals surface area contributed by atoms with E-state index < -0.39 is 6.10 Å². The van der Waals surface area contributed by atoms with Gasteiger partial charge in [0.15, 0.2) is 0 Å². The zero-order valence-corrected chi connectivity index (χ0v) is 9.79. The highest BCUT2D eigenvalue weighted by Gasteiger charge is 2.09. The van der Waals surface area contributed by atoms with Crippen molar-refractivity contribution in [1.82, 2.24) is 0 Å². The molecule has 0 fully saturated rings. The van der Waals surface area contributed by atoms with Crippen molar-refractivity contribution in [1.29, 1.82) is 0 Å². The van der Waals surface area contributed by atoms with Gasteiger partial charge in [0.1, 0.15) is 12.4 Å². The molecule has 1 aromatic carbocycles. The topological polar surface area (TPSA) is 29.5 Å². The zero-order valence-electron chi connectivity index (χ0n) is 8.28. The van der Waals surface area contributed by atoms with Gasteiger partial charge in [0, 0.05) is 16.1 Å².